The molecule has 0 bridgehead atoms. The van der Waals surface area contributed by atoms with Gasteiger partial charge in [-0.2, -0.15) is 8.78 Å². The molecule has 0 aliphatic carbocycles. The van der Waals surface area contributed by atoms with Gasteiger partial charge in [0.2, 0.25) is 0 Å². The highest BCUT2D eigenvalue weighted by Gasteiger charge is 2.17. The second kappa shape index (κ2) is 9.85. The predicted octanol–water partition coefficient (Wildman–Crippen LogP) is 5.48. The van der Waals surface area contributed by atoms with Gasteiger partial charge in [0.1, 0.15) is 5.75 Å². The van der Waals surface area contributed by atoms with Gasteiger partial charge < -0.3 is 15.4 Å². The van der Waals surface area contributed by atoms with E-state index in [0.717, 1.165) is 11.5 Å². The van der Waals surface area contributed by atoms with E-state index in [2.05, 4.69) is 21.4 Å². The number of hydrogen-bond donors (Lipinski definition) is 2. The first-order chi connectivity index (χ1) is 13.1. The average Bonchev–Trinajstić information content (AvgIpc) is 2.68. The molecular weight excluding hydrogens is 390 g/mol. The Morgan fingerprint density at radius 3 is 2.70 bits per heavy atom. The number of benzene rings is 2. The molecule has 1 aliphatic heterocycles. The molecule has 2 aromatic rings. The Balaban J connectivity index is 1.57. The molecule has 0 aromatic heterocycles. The normalized spacial score (nSPS) is 14.8. The topological polar surface area (TPSA) is 50.4 Å². The lowest BCUT2D eigenvalue weighted by molar-refractivity contribution is -0.0504. The van der Waals surface area contributed by atoms with Crippen molar-refractivity contribution in [3.63, 3.8) is 0 Å². The van der Waals surface area contributed by atoms with Gasteiger partial charge in [-0.25, -0.2) is 4.79 Å². The van der Waals surface area contributed by atoms with Gasteiger partial charge in [0, 0.05) is 17.8 Å². The first kappa shape index (κ1) is 19.8. The lowest BCUT2D eigenvalue weighted by atomic mass is 10.2. The first-order valence-electron chi connectivity index (χ1n) is 8.52. The van der Waals surface area contributed by atoms with Crippen molar-refractivity contribution in [2.24, 2.45) is 0 Å². The van der Waals surface area contributed by atoms with Crippen LogP contribution >= 0.6 is 23.5 Å². The van der Waals surface area contributed by atoms with E-state index in [-0.39, 0.29) is 12.3 Å². The quantitative estimate of drug-likeness (QED) is 0.662. The standard InChI is InChI=1S/C19H20F2N2O2S2/c20-18(21)25-16-8-2-1-5-14(16)12-22-19(24)23-15-7-3-6-13(11-15)17-26-9-4-10-27-17/h1-3,5-8,11,17-18H,4,9-10,12H2,(H2,22,23,24). The Kier molecular flexibility index (Phi) is 7.23. The Bertz CT molecular complexity index is 771. The number of alkyl halides is 2. The molecular formula is C19H20F2N2O2S2. The molecule has 27 heavy (non-hydrogen) atoms. The molecule has 1 heterocycles. The number of para-hydroxylation sites is 1. The van der Waals surface area contributed by atoms with Gasteiger partial charge in [-0.15, -0.1) is 23.5 Å². The summed E-state index contributed by atoms with van der Waals surface area (Å²) < 4.78 is 29.8. The summed E-state index contributed by atoms with van der Waals surface area (Å²) in [6.45, 7) is -2.82. The highest BCUT2D eigenvalue weighted by molar-refractivity contribution is 8.16. The molecule has 4 nitrogen and oxygen atoms in total. The van der Waals surface area contributed by atoms with Gasteiger partial charge in [0.05, 0.1) is 4.58 Å². The molecule has 2 N–H and O–H groups in total. The molecule has 1 fully saturated rings. The Morgan fingerprint density at radius 1 is 1.15 bits per heavy atom. The Labute approximate surface area is 165 Å². The maximum Gasteiger partial charge on any atom is 0.387 e. The van der Waals surface area contributed by atoms with E-state index < -0.39 is 12.6 Å². The SMILES string of the molecule is O=C(NCc1ccccc1OC(F)F)Nc1cccc(C2SCCCS2)c1. The fraction of sp³-hybridized carbons (Fsp3) is 0.316. The molecule has 0 atom stereocenters. The molecule has 144 valence electrons. The average molecular weight is 411 g/mol. The van der Waals surface area contributed by atoms with Crippen molar-refractivity contribution >= 4 is 35.2 Å². The lowest BCUT2D eigenvalue weighted by Gasteiger charge is -2.21. The van der Waals surface area contributed by atoms with E-state index in [1.807, 2.05) is 41.7 Å². The number of amides is 2. The molecule has 0 radical (unpaired) electrons. The molecule has 0 unspecified atom stereocenters. The highest BCUT2D eigenvalue weighted by Crippen LogP contribution is 2.44. The summed E-state index contributed by atoms with van der Waals surface area (Å²) in [4.78, 5) is 12.2. The van der Waals surface area contributed by atoms with Crippen LogP contribution in [0.25, 0.3) is 0 Å². The Morgan fingerprint density at radius 2 is 1.93 bits per heavy atom. The van der Waals surface area contributed by atoms with Crippen LogP contribution in [-0.4, -0.2) is 24.1 Å². The third kappa shape index (κ3) is 6.04. The fourth-order valence-electron chi connectivity index (χ4n) is 2.65. The van der Waals surface area contributed by atoms with E-state index in [4.69, 9.17) is 0 Å². The van der Waals surface area contributed by atoms with Crippen LogP contribution in [0.4, 0.5) is 19.3 Å². The van der Waals surface area contributed by atoms with Gasteiger partial charge >= 0.3 is 12.6 Å². The largest absolute Gasteiger partial charge is 0.434 e. The van der Waals surface area contributed by atoms with E-state index >= 15 is 0 Å². The number of nitrogens with one attached hydrogen (secondary N) is 2. The first-order valence-corrected chi connectivity index (χ1v) is 10.6. The van der Waals surface area contributed by atoms with E-state index in [1.165, 1.54) is 18.1 Å². The van der Waals surface area contributed by atoms with Gasteiger partial charge in [0.25, 0.3) is 0 Å². The number of urea groups is 1. The minimum absolute atomic E-state index is 0.0566. The molecule has 0 saturated carbocycles. The third-order valence-corrected chi connectivity index (χ3v) is 6.89. The summed E-state index contributed by atoms with van der Waals surface area (Å²) >= 11 is 3.83. The van der Waals surface area contributed by atoms with Crippen molar-refractivity contribution in [3.05, 3.63) is 59.7 Å². The number of ether oxygens (including phenoxy) is 1. The molecule has 8 heteroatoms. The van der Waals surface area contributed by atoms with Crippen molar-refractivity contribution in [2.75, 3.05) is 16.8 Å². The predicted molar refractivity (Wildman–Crippen MR) is 108 cm³/mol. The zero-order chi connectivity index (χ0) is 19.1. The summed E-state index contributed by atoms with van der Waals surface area (Å²) in [5.41, 5.74) is 2.36. The van der Waals surface area contributed by atoms with Crippen LogP contribution in [0.1, 0.15) is 22.1 Å². The minimum Gasteiger partial charge on any atom is -0.434 e. The number of carbonyl (C=O) groups excluding carboxylic acids is 1. The summed E-state index contributed by atoms with van der Waals surface area (Å²) in [6.07, 6.45) is 1.23. The van der Waals surface area contributed by atoms with Crippen molar-refractivity contribution in [2.45, 2.75) is 24.2 Å². The van der Waals surface area contributed by atoms with Crippen LogP contribution in [0.2, 0.25) is 0 Å². The van der Waals surface area contributed by atoms with E-state index in [1.54, 1.807) is 18.2 Å². The van der Waals surface area contributed by atoms with Gasteiger partial charge in [-0.05, 0) is 41.7 Å². The van der Waals surface area contributed by atoms with Crippen molar-refractivity contribution in [1.29, 1.82) is 0 Å². The maximum absolute atomic E-state index is 12.5. The van der Waals surface area contributed by atoms with Gasteiger partial charge in [0.15, 0.2) is 0 Å². The van der Waals surface area contributed by atoms with E-state index in [0.29, 0.717) is 15.8 Å². The van der Waals surface area contributed by atoms with Crippen LogP contribution in [0.15, 0.2) is 48.5 Å². The minimum atomic E-state index is -2.90. The molecule has 2 aromatic carbocycles. The monoisotopic (exact) mass is 410 g/mol. The number of thioether (sulfide) groups is 2. The molecule has 3 rings (SSSR count). The molecule has 2 amide bonds. The zero-order valence-corrected chi connectivity index (χ0v) is 16.1. The summed E-state index contributed by atoms with van der Waals surface area (Å²) in [6, 6.07) is 13.8. The van der Waals surface area contributed by atoms with Crippen LogP contribution in [0, 0.1) is 0 Å². The van der Waals surface area contributed by atoms with Gasteiger partial charge in [-0.3, -0.25) is 0 Å². The smallest absolute Gasteiger partial charge is 0.387 e. The second-order valence-electron chi connectivity index (χ2n) is 5.85. The zero-order valence-electron chi connectivity index (χ0n) is 14.5. The van der Waals surface area contributed by atoms with E-state index in [9.17, 15) is 13.6 Å². The molecule has 1 aliphatic rings. The van der Waals surface area contributed by atoms with Crippen LogP contribution in [0.5, 0.6) is 5.75 Å². The third-order valence-electron chi connectivity index (χ3n) is 3.87. The summed E-state index contributed by atoms with van der Waals surface area (Å²) in [7, 11) is 0. The maximum atomic E-state index is 12.5. The number of carbonyl (C=O) groups is 1. The molecule has 0 spiro atoms. The lowest BCUT2D eigenvalue weighted by Crippen LogP contribution is -2.28. The van der Waals surface area contributed by atoms with Crippen LogP contribution in [-0.2, 0) is 6.54 Å². The number of anilines is 1. The summed E-state index contributed by atoms with van der Waals surface area (Å²) in [5, 5.41) is 5.47. The van der Waals surface area contributed by atoms with Crippen molar-refractivity contribution < 1.29 is 18.3 Å². The van der Waals surface area contributed by atoms with Gasteiger partial charge in [-0.1, -0.05) is 30.3 Å². The number of hydrogen-bond acceptors (Lipinski definition) is 4. The van der Waals surface area contributed by atoms with Crippen LogP contribution in [0.3, 0.4) is 0 Å². The van der Waals surface area contributed by atoms with Crippen molar-refractivity contribution in [1.82, 2.24) is 5.32 Å². The highest BCUT2D eigenvalue weighted by atomic mass is 32.2. The number of halogens is 2. The van der Waals surface area contributed by atoms with Crippen molar-refractivity contribution in [3.8, 4) is 5.75 Å². The molecule has 1 saturated heterocycles. The summed E-state index contributed by atoms with van der Waals surface area (Å²) in [5.74, 6) is 2.35. The second-order valence-corrected chi connectivity index (χ2v) is 8.57. The Hall–Kier alpha value is -1.93. The fourth-order valence-corrected chi connectivity index (χ4v) is 5.53. The van der Waals surface area contributed by atoms with Crippen LogP contribution < -0.4 is 15.4 Å². The number of rotatable bonds is 6.